The lowest BCUT2D eigenvalue weighted by Gasteiger charge is -2.29. The quantitative estimate of drug-likeness (QED) is 0.831. The highest BCUT2D eigenvalue weighted by molar-refractivity contribution is 6.28. The molecule has 118 valence electrons. The molecule has 1 amide bonds. The van der Waals surface area contributed by atoms with E-state index in [0.29, 0.717) is 11.0 Å². The van der Waals surface area contributed by atoms with Crippen molar-refractivity contribution in [3.63, 3.8) is 0 Å². The number of alkyl carbamates (subject to hydrolysis) is 1. The van der Waals surface area contributed by atoms with E-state index in [1.165, 1.54) is 23.9 Å². The number of hydrogen-bond donors (Lipinski definition) is 2. The highest BCUT2D eigenvalue weighted by Crippen LogP contribution is 2.27. The number of methoxy groups -OCH3 is 1. The first-order valence-corrected chi connectivity index (χ1v) is 6.73. The predicted molar refractivity (Wildman–Crippen MR) is 79.2 cm³/mol. The van der Waals surface area contributed by atoms with E-state index in [4.69, 9.17) is 11.6 Å². The molecule has 2 aromatic heterocycles. The molecule has 2 heterocycles. The third kappa shape index (κ3) is 2.96. The number of carboxylic acid groups (broad SMARTS) is 1. The van der Waals surface area contributed by atoms with Gasteiger partial charge in [0.25, 0.3) is 0 Å². The summed E-state index contributed by atoms with van der Waals surface area (Å²) in [4.78, 5) is 30.7. The standard InChI is InChI=1S/C13H15ClN4O4/c1-13(2,6-16-12(21)22-3)18-8(10(19)20)4-7-5-15-11(14)17-9(7)18/h4-5H,6H2,1-3H3,(H,16,21)(H,19,20). The van der Waals surface area contributed by atoms with Crippen molar-refractivity contribution in [3.8, 4) is 0 Å². The molecule has 0 bridgehead atoms. The minimum atomic E-state index is -1.11. The van der Waals surface area contributed by atoms with Gasteiger partial charge in [-0.1, -0.05) is 0 Å². The van der Waals surface area contributed by atoms with E-state index in [-0.39, 0.29) is 17.5 Å². The normalized spacial score (nSPS) is 11.5. The third-order valence-corrected chi connectivity index (χ3v) is 3.37. The molecular weight excluding hydrogens is 312 g/mol. The van der Waals surface area contributed by atoms with Crippen molar-refractivity contribution in [2.24, 2.45) is 0 Å². The number of carboxylic acids is 1. The number of carbonyl (C=O) groups excluding carboxylic acids is 1. The van der Waals surface area contributed by atoms with Gasteiger partial charge in [0, 0.05) is 18.1 Å². The van der Waals surface area contributed by atoms with Gasteiger partial charge < -0.3 is 19.7 Å². The molecule has 0 saturated carbocycles. The van der Waals surface area contributed by atoms with E-state index in [1.807, 2.05) is 0 Å². The Balaban J connectivity index is 2.55. The molecule has 0 aliphatic carbocycles. The summed E-state index contributed by atoms with van der Waals surface area (Å²) in [6.07, 6.45) is 0.853. The monoisotopic (exact) mass is 326 g/mol. The lowest BCUT2D eigenvalue weighted by atomic mass is 10.1. The Morgan fingerprint density at radius 1 is 1.50 bits per heavy atom. The fourth-order valence-electron chi connectivity index (χ4n) is 2.18. The van der Waals surface area contributed by atoms with Crippen molar-refractivity contribution in [2.45, 2.75) is 19.4 Å². The lowest BCUT2D eigenvalue weighted by molar-refractivity contribution is 0.0678. The van der Waals surface area contributed by atoms with E-state index in [2.05, 4.69) is 20.0 Å². The smallest absolute Gasteiger partial charge is 0.406 e. The van der Waals surface area contributed by atoms with Crippen molar-refractivity contribution in [1.29, 1.82) is 0 Å². The van der Waals surface area contributed by atoms with E-state index < -0.39 is 17.6 Å². The van der Waals surface area contributed by atoms with Crippen LogP contribution in [0.4, 0.5) is 4.79 Å². The van der Waals surface area contributed by atoms with E-state index in [1.54, 1.807) is 13.8 Å². The van der Waals surface area contributed by atoms with E-state index >= 15 is 0 Å². The predicted octanol–water partition coefficient (Wildman–Crippen LogP) is 1.87. The number of aromatic nitrogens is 3. The van der Waals surface area contributed by atoms with Gasteiger partial charge in [0.1, 0.15) is 11.3 Å². The molecule has 0 radical (unpaired) electrons. The number of nitrogens with one attached hydrogen (secondary N) is 1. The number of amides is 1. The van der Waals surface area contributed by atoms with Crippen LogP contribution in [0.3, 0.4) is 0 Å². The average Bonchev–Trinajstić information content (AvgIpc) is 2.84. The summed E-state index contributed by atoms with van der Waals surface area (Å²) in [5, 5.41) is 12.5. The molecule has 2 N–H and O–H groups in total. The van der Waals surface area contributed by atoms with Crippen LogP contribution in [0.2, 0.25) is 5.28 Å². The Morgan fingerprint density at radius 3 is 2.77 bits per heavy atom. The number of aromatic carboxylic acids is 1. The van der Waals surface area contributed by atoms with Gasteiger partial charge in [-0.25, -0.2) is 14.6 Å². The van der Waals surface area contributed by atoms with Crippen LogP contribution < -0.4 is 5.32 Å². The highest BCUT2D eigenvalue weighted by Gasteiger charge is 2.29. The largest absolute Gasteiger partial charge is 0.477 e. The minimum Gasteiger partial charge on any atom is -0.477 e. The summed E-state index contributed by atoms with van der Waals surface area (Å²) in [6.45, 7) is 3.68. The number of rotatable bonds is 4. The number of carbonyl (C=O) groups is 2. The zero-order valence-electron chi connectivity index (χ0n) is 12.3. The lowest BCUT2D eigenvalue weighted by Crippen LogP contribution is -2.42. The van der Waals surface area contributed by atoms with Crippen LogP contribution in [-0.4, -0.2) is 45.4 Å². The van der Waals surface area contributed by atoms with Gasteiger partial charge in [-0.15, -0.1) is 0 Å². The number of halogens is 1. The maximum atomic E-state index is 11.5. The van der Waals surface area contributed by atoms with Crippen molar-refractivity contribution in [3.05, 3.63) is 23.2 Å². The van der Waals surface area contributed by atoms with Crippen LogP contribution in [-0.2, 0) is 10.3 Å². The van der Waals surface area contributed by atoms with Crippen LogP contribution in [0, 0.1) is 0 Å². The van der Waals surface area contributed by atoms with E-state index in [0.717, 1.165) is 0 Å². The molecule has 9 heteroatoms. The zero-order chi connectivity index (χ0) is 16.5. The highest BCUT2D eigenvalue weighted by atomic mass is 35.5. The molecule has 0 saturated heterocycles. The van der Waals surface area contributed by atoms with Crippen molar-refractivity contribution < 1.29 is 19.4 Å². The second-order valence-electron chi connectivity index (χ2n) is 5.25. The second kappa shape index (κ2) is 5.80. The Kier molecular flexibility index (Phi) is 4.23. The Hall–Kier alpha value is -2.35. The van der Waals surface area contributed by atoms with Gasteiger partial charge in [-0.3, -0.25) is 0 Å². The van der Waals surface area contributed by atoms with Gasteiger partial charge in [-0.05, 0) is 31.5 Å². The fraction of sp³-hybridized carbons (Fsp3) is 0.385. The summed E-state index contributed by atoms with van der Waals surface area (Å²) in [5.74, 6) is -1.11. The molecule has 0 spiro atoms. The van der Waals surface area contributed by atoms with Gasteiger partial charge >= 0.3 is 12.1 Å². The van der Waals surface area contributed by atoms with Gasteiger partial charge in [0.15, 0.2) is 0 Å². The first-order chi connectivity index (χ1) is 10.3. The molecular formula is C13H15ClN4O4. The summed E-state index contributed by atoms with van der Waals surface area (Å²) in [5.41, 5.74) is -0.362. The summed E-state index contributed by atoms with van der Waals surface area (Å²) in [6, 6.07) is 1.47. The molecule has 22 heavy (non-hydrogen) atoms. The number of ether oxygens (including phenoxy) is 1. The second-order valence-corrected chi connectivity index (χ2v) is 5.58. The Morgan fingerprint density at radius 2 is 2.18 bits per heavy atom. The third-order valence-electron chi connectivity index (χ3n) is 3.19. The van der Waals surface area contributed by atoms with Crippen LogP contribution in [0.15, 0.2) is 12.3 Å². The topological polar surface area (TPSA) is 106 Å². The number of fused-ring (bicyclic) bond motifs is 1. The Bertz CT molecular complexity index is 741. The van der Waals surface area contributed by atoms with Crippen LogP contribution >= 0.6 is 11.6 Å². The van der Waals surface area contributed by atoms with Crippen molar-refractivity contribution in [1.82, 2.24) is 19.9 Å². The summed E-state index contributed by atoms with van der Waals surface area (Å²) in [7, 11) is 1.25. The van der Waals surface area contributed by atoms with Crippen molar-refractivity contribution >= 4 is 34.7 Å². The first kappa shape index (κ1) is 16.0. The molecule has 2 rings (SSSR count). The van der Waals surface area contributed by atoms with Gasteiger partial charge in [-0.2, -0.15) is 4.98 Å². The van der Waals surface area contributed by atoms with Crippen LogP contribution in [0.5, 0.6) is 0 Å². The Labute approximate surface area is 131 Å². The molecule has 0 aliphatic heterocycles. The number of hydrogen-bond acceptors (Lipinski definition) is 5. The van der Waals surface area contributed by atoms with Gasteiger partial charge in [0.05, 0.1) is 12.6 Å². The first-order valence-electron chi connectivity index (χ1n) is 6.36. The molecule has 0 atom stereocenters. The molecule has 2 aromatic rings. The summed E-state index contributed by atoms with van der Waals surface area (Å²) >= 11 is 5.81. The van der Waals surface area contributed by atoms with Gasteiger partial charge in [0.2, 0.25) is 5.28 Å². The zero-order valence-corrected chi connectivity index (χ0v) is 13.0. The number of nitrogens with zero attached hydrogens (tertiary/aromatic N) is 3. The molecule has 8 nitrogen and oxygen atoms in total. The average molecular weight is 327 g/mol. The SMILES string of the molecule is COC(=O)NCC(C)(C)n1c(C(=O)O)cc2cnc(Cl)nc21. The molecule has 0 unspecified atom stereocenters. The minimum absolute atomic E-state index is 0.0144. The van der Waals surface area contributed by atoms with Crippen LogP contribution in [0.25, 0.3) is 11.0 Å². The fourth-order valence-corrected chi connectivity index (χ4v) is 2.31. The molecule has 0 aromatic carbocycles. The van der Waals surface area contributed by atoms with Crippen LogP contribution in [0.1, 0.15) is 24.3 Å². The van der Waals surface area contributed by atoms with E-state index in [9.17, 15) is 14.7 Å². The maximum absolute atomic E-state index is 11.5. The molecule has 0 aliphatic rings. The summed E-state index contributed by atoms with van der Waals surface area (Å²) < 4.78 is 6.03. The molecule has 0 fully saturated rings. The van der Waals surface area contributed by atoms with Crippen molar-refractivity contribution in [2.75, 3.05) is 13.7 Å². The maximum Gasteiger partial charge on any atom is 0.406 e.